The molecular weight excluding hydrogens is 228 g/mol. The Hall–Kier alpha value is -0.610. The summed E-state index contributed by atoms with van der Waals surface area (Å²) in [7, 11) is 0. The van der Waals surface area contributed by atoms with E-state index in [0.29, 0.717) is 12.5 Å². The van der Waals surface area contributed by atoms with Crippen LogP contribution < -0.4 is 5.32 Å². The van der Waals surface area contributed by atoms with Crippen LogP contribution >= 0.6 is 0 Å². The molecule has 1 fully saturated rings. The molecular formula is C14H28N2O2. The van der Waals surface area contributed by atoms with Crippen LogP contribution in [0.3, 0.4) is 0 Å². The number of β-amino-alcohol motifs (C(OH)–C–C–N with tert-alkyl or cyclic N) is 1. The fourth-order valence-corrected chi connectivity index (χ4v) is 2.89. The molecule has 1 aliphatic heterocycles. The molecule has 1 rings (SSSR count). The lowest BCUT2D eigenvalue weighted by molar-refractivity contribution is -0.140. The van der Waals surface area contributed by atoms with Crippen molar-refractivity contribution in [3.63, 3.8) is 0 Å². The van der Waals surface area contributed by atoms with E-state index in [2.05, 4.69) is 19.2 Å². The number of hydrogen-bond acceptors (Lipinski definition) is 3. The molecule has 4 nitrogen and oxygen atoms in total. The van der Waals surface area contributed by atoms with Crippen molar-refractivity contribution in [3.05, 3.63) is 0 Å². The molecule has 2 atom stereocenters. The van der Waals surface area contributed by atoms with Gasteiger partial charge in [-0.15, -0.1) is 0 Å². The Labute approximate surface area is 111 Å². The van der Waals surface area contributed by atoms with Gasteiger partial charge < -0.3 is 15.3 Å². The fraction of sp³-hybridized carbons (Fsp3) is 0.929. The number of likely N-dealkylation sites (N-methyl/N-ethyl adjacent to an activating group) is 1. The molecule has 0 radical (unpaired) electrons. The van der Waals surface area contributed by atoms with Gasteiger partial charge in [0.2, 0.25) is 5.91 Å². The van der Waals surface area contributed by atoms with Crippen LogP contribution in [0.5, 0.6) is 0 Å². The van der Waals surface area contributed by atoms with Crippen LogP contribution in [-0.4, -0.2) is 47.2 Å². The van der Waals surface area contributed by atoms with E-state index < -0.39 is 5.60 Å². The first-order valence-electron chi connectivity index (χ1n) is 7.10. The molecule has 18 heavy (non-hydrogen) atoms. The monoisotopic (exact) mass is 256 g/mol. The van der Waals surface area contributed by atoms with Gasteiger partial charge in [0.25, 0.3) is 0 Å². The Kier molecular flexibility index (Phi) is 5.60. The molecule has 0 saturated carbocycles. The number of likely N-dealkylation sites (tertiary alicyclic amines) is 1. The maximum Gasteiger partial charge on any atom is 0.239 e. The lowest BCUT2D eigenvalue weighted by Crippen LogP contribution is -2.54. The second kappa shape index (κ2) is 6.53. The number of amides is 1. The second-order valence-corrected chi connectivity index (χ2v) is 6.11. The third-order valence-electron chi connectivity index (χ3n) is 3.36. The Morgan fingerprint density at radius 1 is 1.56 bits per heavy atom. The van der Waals surface area contributed by atoms with E-state index in [4.69, 9.17) is 0 Å². The summed E-state index contributed by atoms with van der Waals surface area (Å²) in [4.78, 5) is 14.0. The topological polar surface area (TPSA) is 52.6 Å². The highest BCUT2D eigenvalue weighted by Crippen LogP contribution is 2.20. The first-order valence-corrected chi connectivity index (χ1v) is 7.10. The summed E-state index contributed by atoms with van der Waals surface area (Å²) in [5.41, 5.74) is -0.780. The standard InChI is InChI=1S/C14H28N2O2/c1-5-15-12-7-6-8-16(13(12)17)10-14(4,18)9-11(2)3/h11-12,15,18H,5-10H2,1-4H3. The van der Waals surface area contributed by atoms with Crippen molar-refractivity contribution in [1.82, 2.24) is 10.2 Å². The molecule has 1 amide bonds. The van der Waals surface area contributed by atoms with Crippen molar-refractivity contribution in [1.29, 1.82) is 0 Å². The van der Waals surface area contributed by atoms with Gasteiger partial charge in [-0.2, -0.15) is 0 Å². The highest BCUT2D eigenvalue weighted by atomic mass is 16.3. The highest BCUT2D eigenvalue weighted by Gasteiger charge is 2.33. The number of carbonyl (C=O) groups excluding carboxylic acids is 1. The van der Waals surface area contributed by atoms with Crippen LogP contribution in [0, 0.1) is 5.92 Å². The molecule has 106 valence electrons. The summed E-state index contributed by atoms with van der Waals surface area (Å²) < 4.78 is 0. The fourth-order valence-electron chi connectivity index (χ4n) is 2.89. The molecule has 1 aliphatic rings. The van der Waals surface area contributed by atoms with Crippen LogP contribution in [0.25, 0.3) is 0 Å². The smallest absolute Gasteiger partial charge is 0.239 e. The molecule has 1 heterocycles. The average Bonchev–Trinajstić information content (AvgIpc) is 2.22. The van der Waals surface area contributed by atoms with Gasteiger partial charge in [0.1, 0.15) is 0 Å². The molecule has 0 aromatic rings. The molecule has 1 saturated heterocycles. The Morgan fingerprint density at radius 2 is 2.22 bits per heavy atom. The van der Waals surface area contributed by atoms with Gasteiger partial charge in [-0.3, -0.25) is 4.79 Å². The van der Waals surface area contributed by atoms with Gasteiger partial charge in [0.15, 0.2) is 0 Å². The molecule has 0 aromatic carbocycles. The molecule has 0 spiro atoms. The van der Waals surface area contributed by atoms with Crippen LogP contribution in [0.4, 0.5) is 0 Å². The average molecular weight is 256 g/mol. The van der Waals surface area contributed by atoms with Gasteiger partial charge in [-0.1, -0.05) is 20.8 Å². The van der Waals surface area contributed by atoms with E-state index in [1.807, 2.05) is 18.7 Å². The van der Waals surface area contributed by atoms with Gasteiger partial charge in [-0.25, -0.2) is 0 Å². The van der Waals surface area contributed by atoms with E-state index in [0.717, 1.165) is 32.4 Å². The minimum Gasteiger partial charge on any atom is -0.388 e. The van der Waals surface area contributed by atoms with Gasteiger partial charge in [0.05, 0.1) is 11.6 Å². The second-order valence-electron chi connectivity index (χ2n) is 6.11. The third-order valence-corrected chi connectivity index (χ3v) is 3.36. The summed E-state index contributed by atoms with van der Waals surface area (Å²) in [6, 6.07) is -0.0569. The van der Waals surface area contributed by atoms with Crippen LogP contribution in [0.2, 0.25) is 0 Å². The number of rotatable bonds is 6. The van der Waals surface area contributed by atoms with Crippen LogP contribution in [0.1, 0.15) is 47.0 Å². The Bertz CT molecular complexity index is 275. The molecule has 4 heteroatoms. The van der Waals surface area contributed by atoms with Gasteiger partial charge in [-0.05, 0) is 38.6 Å². The SMILES string of the molecule is CCNC1CCCN(CC(C)(O)CC(C)C)C1=O. The van der Waals surface area contributed by atoms with E-state index in [-0.39, 0.29) is 11.9 Å². The normalized spacial score (nSPS) is 24.4. The number of aliphatic hydroxyl groups is 1. The van der Waals surface area contributed by atoms with Gasteiger partial charge >= 0.3 is 0 Å². The van der Waals surface area contributed by atoms with E-state index in [1.54, 1.807) is 0 Å². The summed E-state index contributed by atoms with van der Waals surface area (Å²) in [5, 5.41) is 13.6. The predicted molar refractivity (Wildman–Crippen MR) is 73.4 cm³/mol. The number of nitrogens with one attached hydrogen (secondary N) is 1. The minimum absolute atomic E-state index is 0.0569. The maximum atomic E-state index is 12.2. The van der Waals surface area contributed by atoms with Crippen molar-refractivity contribution >= 4 is 5.91 Å². The number of nitrogens with zero attached hydrogens (tertiary/aromatic N) is 1. The van der Waals surface area contributed by atoms with Crippen molar-refractivity contribution in [3.8, 4) is 0 Å². The van der Waals surface area contributed by atoms with Crippen molar-refractivity contribution < 1.29 is 9.90 Å². The first-order chi connectivity index (χ1) is 8.35. The lowest BCUT2D eigenvalue weighted by Gasteiger charge is -2.37. The lowest BCUT2D eigenvalue weighted by atomic mass is 9.92. The molecule has 2 unspecified atom stereocenters. The zero-order chi connectivity index (χ0) is 13.8. The Morgan fingerprint density at radius 3 is 2.78 bits per heavy atom. The van der Waals surface area contributed by atoms with Crippen molar-refractivity contribution in [2.75, 3.05) is 19.6 Å². The molecule has 2 N–H and O–H groups in total. The summed E-state index contributed by atoms with van der Waals surface area (Å²) in [6.07, 6.45) is 2.65. The van der Waals surface area contributed by atoms with E-state index in [1.165, 1.54) is 0 Å². The third kappa shape index (κ3) is 4.58. The molecule has 0 aromatic heterocycles. The van der Waals surface area contributed by atoms with Crippen molar-refractivity contribution in [2.24, 2.45) is 5.92 Å². The zero-order valence-corrected chi connectivity index (χ0v) is 12.2. The quantitative estimate of drug-likeness (QED) is 0.755. The Balaban J connectivity index is 2.57. The maximum absolute atomic E-state index is 12.2. The summed E-state index contributed by atoms with van der Waals surface area (Å²) >= 11 is 0. The van der Waals surface area contributed by atoms with Crippen LogP contribution in [-0.2, 0) is 4.79 Å². The van der Waals surface area contributed by atoms with Crippen LogP contribution in [0.15, 0.2) is 0 Å². The first kappa shape index (κ1) is 15.4. The largest absolute Gasteiger partial charge is 0.388 e. The highest BCUT2D eigenvalue weighted by molar-refractivity contribution is 5.82. The number of carbonyl (C=O) groups is 1. The molecule has 0 bridgehead atoms. The van der Waals surface area contributed by atoms with Gasteiger partial charge in [0, 0.05) is 13.1 Å². The van der Waals surface area contributed by atoms with E-state index >= 15 is 0 Å². The predicted octanol–water partition coefficient (Wildman–Crippen LogP) is 1.38. The molecule has 0 aliphatic carbocycles. The number of hydrogen-bond donors (Lipinski definition) is 2. The minimum atomic E-state index is -0.780. The summed E-state index contributed by atoms with van der Waals surface area (Å²) in [5.74, 6) is 0.580. The summed E-state index contributed by atoms with van der Waals surface area (Å²) in [6.45, 7) is 10.1. The number of piperidine rings is 1. The zero-order valence-electron chi connectivity index (χ0n) is 12.2. The van der Waals surface area contributed by atoms with E-state index in [9.17, 15) is 9.90 Å². The van der Waals surface area contributed by atoms with Crippen molar-refractivity contribution in [2.45, 2.75) is 58.6 Å².